The standard InChI is InChI=1S/C18H29N3O6/c1-25-11-3-2-8-19-16(22)20(9-4-6-14-12-26-14)18(24)21(17(19)23)10-5-7-15-13-27-15/h14-15H,2-13H2,1H3. The van der Waals surface area contributed by atoms with E-state index in [0.29, 0.717) is 45.5 Å². The zero-order valence-electron chi connectivity index (χ0n) is 15.9. The topological polar surface area (TPSA) is 100 Å². The molecule has 152 valence electrons. The van der Waals surface area contributed by atoms with Gasteiger partial charge in [-0.1, -0.05) is 0 Å². The highest BCUT2D eigenvalue weighted by atomic mass is 16.6. The minimum absolute atomic E-state index is 0.251. The number of unbranched alkanes of at least 4 members (excludes halogenated alkanes) is 1. The van der Waals surface area contributed by atoms with Crippen molar-refractivity contribution in [3.63, 3.8) is 0 Å². The van der Waals surface area contributed by atoms with Crippen LogP contribution in [0, 0.1) is 0 Å². The van der Waals surface area contributed by atoms with Crippen LogP contribution >= 0.6 is 0 Å². The van der Waals surface area contributed by atoms with Crippen LogP contribution in [-0.2, 0) is 33.8 Å². The molecule has 0 bridgehead atoms. The Balaban J connectivity index is 1.78. The SMILES string of the molecule is COCCCCn1c(=O)n(CCCC2CO2)c(=O)n(CCCC2CO2)c1=O. The minimum atomic E-state index is -0.513. The first-order valence-electron chi connectivity index (χ1n) is 9.78. The lowest BCUT2D eigenvalue weighted by Gasteiger charge is -2.14. The summed E-state index contributed by atoms with van der Waals surface area (Å²) in [7, 11) is 1.62. The second kappa shape index (κ2) is 9.48. The van der Waals surface area contributed by atoms with Crippen LogP contribution < -0.4 is 17.1 Å². The van der Waals surface area contributed by atoms with E-state index >= 15 is 0 Å². The molecule has 2 saturated heterocycles. The first-order chi connectivity index (χ1) is 13.1. The summed E-state index contributed by atoms with van der Waals surface area (Å²) in [5.41, 5.74) is -1.53. The van der Waals surface area contributed by atoms with E-state index < -0.39 is 17.1 Å². The summed E-state index contributed by atoms with van der Waals surface area (Å²) >= 11 is 0. The van der Waals surface area contributed by atoms with E-state index in [-0.39, 0.29) is 12.2 Å². The number of nitrogens with zero attached hydrogens (tertiary/aromatic N) is 3. The summed E-state index contributed by atoms with van der Waals surface area (Å²) in [5.74, 6) is 0. The van der Waals surface area contributed by atoms with Crippen LogP contribution in [-0.4, -0.2) is 52.8 Å². The zero-order valence-corrected chi connectivity index (χ0v) is 15.9. The van der Waals surface area contributed by atoms with Gasteiger partial charge in [0.05, 0.1) is 25.4 Å². The van der Waals surface area contributed by atoms with E-state index in [9.17, 15) is 14.4 Å². The quantitative estimate of drug-likeness (QED) is 0.350. The van der Waals surface area contributed by atoms with Crippen molar-refractivity contribution in [2.75, 3.05) is 26.9 Å². The summed E-state index contributed by atoms with van der Waals surface area (Å²) in [6, 6.07) is 0. The van der Waals surface area contributed by atoms with Gasteiger partial charge in [-0.3, -0.25) is 0 Å². The predicted molar refractivity (Wildman–Crippen MR) is 98.3 cm³/mol. The molecule has 0 aliphatic carbocycles. The van der Waals surface area contributed by atoms with Crippen LogP contribution in [0.3, 0.4) is 0 Å². The molecule has 0 saturated carbocycles. The molecule has 0 radical (unpaired) electrons. The summed E-state index contributed by atoms with van der Waals surface area (Å²) < 4.78 is 19.0. The molecule has 0 amide bonds. The maximum atomic E-state index is 12.8. The van der Waals surface area contributed by atoms with E-state index in [4.69, 9.17) is 14.2 Å². The molecule has 0 spiro atoms. The van der Waals surface area contributed by atoms with Gasteiger partial charge in [-0.2, -0.15) is 0 Å². The number of hydrogen-bond donors (Lipinski definition) is 0. The van der Waals surface area contributed by atoms with Gasteiger partial charge in [0.2, 0.25) is 0 Å². The van der Waals surface area contributed by atoms with Crippen molar-refractivity contribution in [3.05, 3.63) is 31.5 Å². The minimum Gasteiger partial charge on any atom is -0.385 e. The van der Waals surface area contributed by atoms with Gasteiger partial charge in [0, 0.05) is 33.4 Å². The maximum Gasteiger partial charge on any atom is 0.336 e. The molecular weight excluding hydrogens is 354 g/mol. The first-order valence-corrected chi connectivity index (χ1v) is 9.78. The third kappa shape index (κ3) is 5.63. The van der Waals surface area contributed by atoms with E-state index in [1.165, 1.54) is 13.7 Å². The van der Waals surface area contributed by atoms with E-state index in [0.717, 1.165) is 32.5 Å². The summed E-state index contributed by atoms with van der Waals surface area (Å²) in [4.78, 5) is 38.2. The lowest BCUT2D eigenvalue weighted by atomic mass is 10.2. The number of epoxide rings is 2. The number of ether oxygens (including phenoxy) is 3. The third-order valence-electron chi connectivity index (χ3n) is 4.99. The molecule has 0 N–H and O–H groups in total. The molecule has 27 heavy (non-hydrogen) atoms. The van der Waals surface area contributed by atoms with Crippen molar-refractivity contribution < 1.29 is 14.2 Å². The fourth-order valence-corrected chi connectivity index (χ4v) is 3.20. The van der Waals surface area contributed by atoms with E-state index in [2.05, 4.69) is 0 Å². The molecule has 2 fully saturated rings. The molecule has 9 nitrogen and oxygen atoms in total. The average molecular weight is 383 g/mol. The molecule has 2 unspecified atom stereocenters. The highest BCUT2D eigenvalue weighted by Crippen LogP contribution is 2.16. The van der Waals surface area contributed by atoms with Crippen LogP contribution in [0.15, 0.2) is 14.4 Å². The highest BCUT2D eigenvalue weighted by Gasteiger charge is 2.23. The third-order valence-corrected chi connectivity index (χ3v) is 4.99. The molecule has 2 aliphatic heterocycles. The smallest absolute Gasteiger partial charge is 0.336 e. The first kappa shape index (κ1) is 20.0. The number of aromatic nitrogens is 3. The van der Waals surface area contributed by atoms with E-state index in [1.807, 2.05) is 0 Å². The van der Waals surface area contributed by atoms with Crippen molar-refractivity contribution in [2.24, 2.45) is 0 Å². The fourth-order valence-electron chi connectivity index (χ4n) is 3.20. The molecule has 3 rings (SSSR count). The average Bonchev–Trinajstić information content (AvgIpc) is 3.55. The second-order valence-corrected chi connectivity index (χ2v) is 7.20. The molecule has 1 aromatic rings. The van der Waals surface area contributed by atoms with Gasteiger partial charge in [-0.15, -0.1) is 0 Å². The van der Waals surface area contributed by atoms with Gasteiger partial charge in [-0.25, -0.2) is 28.1 Å². The van der Waals surface area contributed by atoms with Crippen molar-refractivity contribution in [2.45, 2.75) is 70.4 Å². The molecule has 1 aromatic heterocycles. The second-order valence-electron chi connectivity index (χ2n) is 7.20. The van der Waals surface area contributed by atoms with Crippen LogP contribution in [0.25, 0.3) is 0 Å². The molecule has 9 heteroatoms. The lowest BCUT2D eigenvalue weighted by Crippen LogP contribution is -2.54. The van der Waals surface area contributed by atoms with Gasteiger partial charge in [0.25, 0.3) is 0 Å². The van der Waals surface area contributed by atoms with Crippen LogP contribution in [0.4, 0.5) is 0 Å². The lowest BCUT2D eigenvalue weighted by molar-refractivity contribution is 0.190. The largest absolute Gasteiger partial charge is 0.385 e. The molecule has 0 aromatic carbocycles. The van der Waals surface area contributed by atoms with Gasteiger partial charge in [-0.05, 0) is 38.5 Å². The maximum absolute atomic E-state index is 12.8. The Morgan fingerprint density at radius 1 is 0.778 bits per heavy atom. The Morgan fingerprint density at radius 3 is 1.56 bits per heavy atom. The molecular formula is C18H29N3O6. The number of methoxy groups -OCH3 is 1. The normalized spacial score (nSPS) is 20.8. The van der Waals surface area contributed by atoms with Crippen molar-refractivity contribution >= 4 is 0 Å². The fraction of sp³-hybridized carbons (Fsp3) is 0.833. The zero-order chi connectivity index (χ0) is 19.2. The van der Waals surface area contributed by atoms with Gasteiger partial charge in [0.15, 0.2) is 0 Å². The summed E-state index contributed by atoms with van der Waals surface area (Å²) in [6.45, 7) is 2.98. The van der Waals surface area contributed by atoms with Crippen molar-refractivity contribution in [1.82, 2.24) is 13.7 Å². The van der Waals surface area contributed by atoms with Crippen molar-refractivity contribution in [1.29, 1.82) is 0 Å². The molecule has 2 atom stereocenters. The van der Waals surface area contributed by atoms with Gasteiger partial charge < -0.3 is 14.2 Å². The number of rotatable bonds is 13. The van der Waals surface area contributed by atoms with Gasteiger partial charge >= 0.3 is 17.1 Å². The Bertz CT molecular complexity index is 732. The monoisotopic (exact) mass is 383 g/mol. The Kier molecular flexibility index (Phi) is 7.03. The van der Waals surface area contributed by atoms with Gasteiger partial charge in [0.1, 0.15) is 0 Å². The van der Waals surface area contributed by atoms with Crippen LogP contribution in [0.1, 0.15) is 38.5 Å². The predicted octanol–water partition coefficient (Wildman–Crippen LogP) is -0.0437. The molecule has 2 aliphatic rings. The Labute approximate surface area is 157 Å². The molecule has 3 heterocycles. The Morgan fingerprint density at radius 2 is 1.19 bits per heavy atom. The van der Waals surface area contributed by atoms with Crippen LogP contribution in [0.5, 0.6) is 0 Å². The number of hydrogen-bond acceptors (Lipinski definition) is 6. The highest BCUT2D eigenvalue weighted by molar-refractivity contribution is 4.80. The summed E-state index contributed by atoms with van der Waals surface area (Å²) in [5, 5.41) is 0. The van der Waals surface area contributed by atoms with Crippen LogP contribution in [0.2, 0.25) is 0 Å². The van der Waals surface area contributed by atoms with Crippen molar-refractivity contribution in [3.8, 4) is 0 Å². The Hall–Kier alpha value is -1.71. The van der Waals surface area contributed by atoms with E-state index in [1.54, 1.807) is 7.11 Å². The summed E-state index contributed by atoms with van der Waals surface area (Å²) in [6.07, 6.45) is 4.89.